The zero-order valence-electron chi connectivity index (χ0n) is 13.8. The van der Waals surface area contributed by atoms with Crippen LogP contribution in [0, 0.1) is 5.92 Å². The fourth-order valence-electron chi connectivity index (χ4n) is 3.08. The van der Waals surface area contributed by atoms with Gasteiger partial charge in [-0.3, -0.25) is 4.79 Å². The van der Waals surface area contributed by atoms with E-state index < -0.39 is 26.0 Å². The van der Waals surface area contributed by atoms with Crippen molar-refractivity contribution in [3.8, 4) is 0 Å². The topological polar surface area (TPSA) is 43.4 Å². The average molecular weight is 296 g/mol. The number of carbonyl (C=O) groups excluding carboxylic acids is 1. The van der Waals surface area contributed by atoms with Crippen molar-refractivity contribution < 1.29 is 34.2 Å². The van der Waals surface area contributed by atoms with Gasteiger partial charge in [-0.05, 0) is 19.4 Å². The first-order chi connectivity index (χ1) is 9.49. The molecule has 21 heavy (non-hydrogen) atoms. The molecule has 0 N–H and O–H groups in total. The Morgan fingerprint density at radius 2 is 1.90 bits per heavy atom. The van der Waals surface area contributed by atoms with Crippen molar-refractivity contribution in [1.82, 2.24) is 0 Å². The number of allylic oxidation sites excluding steroid dienone is 3. The first-order valence-corrected chi connectivity index (χ1v) is 7.19. The van der Waals surface area contributed by atoms with E-state index in [1.165, 1.54) is 0 Å². The van der Waals surface area contributed by atoms with E-state index in [1.54, 1.807) is 0 Å². The number of benzene rings is 1. The summed E-state index contributed by atoms with van der Waals surface area (Å²) < 4.78 is 15.3. The molecule has 1 aliphatic carbocycles. The van der Waals surface area contributed by atoms with E-state index in [1.807, 2.05) is 57.2 Å². The van der Waals surface area contributed by atoms with Gasteiger partial charge in [0.05, 0.1) is 5.92 Å². The molecule has 0 amide bonds. The van der Waals surface area contributed by atoms with Crippen LogP contribution in [0.25, 0.3) is 0 Å². The molecule has 1 aromatic rings. The Morgan fingerprint density at radius 3 is 2.48 bits per heavy atom. The van der Waals surface area contributed by atoms with Crippen molar-refractivity contribution in [3.63, 3.8) is 0 Å². The van der Waals surface area contributed by atoms with Crippen LogP contribution in [0.15, 0.2) is 53.6 Å². The van der Waals surface area contributed by atoms with Crippen LogP contribution in [-0.2, 0) is 19.3 Å². The van der Waals surface area contributed by atoms with Crippen molar-refractivity contribution in [1.29, 1.82) is 0 Å². The van der Waals surface area contributed by atoms with Gasteiger partial charge in [0.2, 0.25) is 0 Å². The van der Waals surface area contributed by atoms with Gasteiger partial charge in [0, 0.05) is 5.41 Å². The van der Waals surface area contributed by atoms with Crippen LogP contribution >= 0.6 is 8.69 Å². The molecule has 106 valence electrons. The van der Waals surface area contributed by atoms with Crippen LogP contribution in [0.4, 0.5) is 0 Å². The summed E-state index contributed by atoms with van der Waals surface area (Å²) in [6, 6.07) is 9.84. The molecular weight excluding hydrogens is 278 g/mol. The summed E-state index contributed by atoms with van der Waals surface area (Å²) in [7, 11) is -0.607. The van der Waals surface area contributed by atoms with Crippen LogP contribution in [0.1, 0.15) is 27.8 Å². The molecule has 0 fully saturated rings. The normalized spacial score (nSPS) is 24.6. The zero-order valence-corrected chi connectivity index (χ0v) is 13.7. The van der Waals surface area contributed by atoms with Gasteiger partial charge in [0.25, 0.3) is 0 Å². The maximum atomic E-state index is 12.2. The second-order valence-electron chi connectivity index (χ2n) is 5.34. The molecule has 0 saturated carbocycles. The largest absolute Gasteiger partial charge is 1.00 e. The van der Waals surface area contributed by atoms with E-state index in [4.69, 9.17) is 4.52 Å². The van der Waals surface area contributed by atoms with Crippen LogP contribution in [0.2, 0.25) is 0 Å². The minimum absolute atomic E-state index is 0. The molecule has 3 nitrogen and oxygen atoms in total. The standard InChI is InChI=1S/C16H17O3P.Li.H/c1-11-9-12(2)14(15(17)19-20-18)16(3,10-11)13-7-5-4-6-8-13;;/h4-10,14H,1-3H3;;/q;+1;-1. The molecule has 2 unspecified atom stereocenters. The van der Waals surface area contributed by atoms with Crippen molar-refractivity contribution >= 4 is 14.7 Å². The fourth-order valence-corrected chi connectivity index (χ4v) is 3.26. The van der Waals surface area contributed by atoms with Crippen LogP contribution in [0.5, 0.6) is 0 Å². The SMILES string of the molecule is CC1=CC(C)(c2ccccc2)C(C(=O)OP=O)C(C)=C1.[H-].[Li+]. The van der Waals surface area contributed by atoms with Gasteiger partial charge in [-0.1, -0.05) is 60.6 Å². The predicted molar refractivity (Wildman–Crippen MR) is 79.6 cm³/mol. The summed E-state index contributed by atoms with van der Waals surface area (Å²) in [5.74, 6) is -0.930. The third kappa shape index (κ3) is 3.55. The summed E-state index contributed by atoms with van der Waals surface area (Å²) in [5, 5.41) is 0. The summed E-state index contributed by atoms with van der Waals surface area (Å²) in [6.45, 7) is 5.93. The Hall–Kier alpha value is -1.13. The molecule has 5 heteroatoms. The molecule has 0 radical (unpaired) electrons. The Morgan fingerprint density at radius 1 is 1.29 bits per heavy atom. The summed E-state index contributed by atoms with van der Waals surface area (Å²) >= 11 is 0. The van der Waals surface area contributed by atoms with Crippen molar-refractivity contribution in [2.75, 3.05) is 0 Å². The zero-order chi connectivity index (χ0) is 14.8. The van der Waals surface area contributed by atoms with E-state index >= 15 is 0 Å². The van der Waals surface area contributed by atoms with Gasteiger partial charge in [-0.15, -0.1) is 0 Å². The molecule has 0 aromatic heterocycles. The van der Waals surface area contributed by atoms with E-state index in [9.17, 15) is 9.36 Å². The van der Waals surface area contributed by atoms with Gasteiger partial charge < -0.3 is 5.95 Å². The van der Waals surface area contributed by atoms with E-state index in [0.29, 0.717) is 0 Å². The van der Waals surface area contributed by atoms with Crippen LogP contribution in [0.3, 0.4) is 0 Å². The Balaban J connectivity index is 0.00000220. The first kappa shape index (κ1) is 17.9. The number of hydrogen-bond donors (Lipinski definition) is 0. The van der Waals surface area contributed by atoms with Gasteiger partial charge >= 0.3 is 33.5 Å². The summed E-state index contributed by atoms with van der Waals surface area (Å²) in [6.07, 6.45) is 4.04. The van der Waals surface area contributed by atoms with E-state index in [0.717, 1.165) is 16.7 Å². The average Bonchev–Trinajstić information content (AvgIpc) is 2.39. The van der Waals surface area contributed by atoms with Gasteiger partial charge in [-0.25, -0.2) is 4.57 Å². The predicted octanol–water partition coefficient (Wildman–Crippen LogP) is 1.33. The Labute approximate surface area is 140 Å². The maximum Gasteiger partial charge on any atom is 1.00 e. The van der Waals surface area contributed by atoms with Crippen LogP contribution in [-0.4, -0.2) is 5.97 Å². The van der Waals surface area contributed by atoms with E-state index in [-0.39, 0.29) is 20.3 Å². The molecule has 0 heterocycles. The molecule has 0 spiro atoms. The van der Waals surface area contributed by atoms with Gasteiger partial charge in [0.15, 0.2) is 0 Å². The first-order valence-electron chi connectivity index (χ1n) is 6.45. The third-order valence-electron chi connectivity index (χ3n) is 3.80. The van der Waals surface area contributed by atoms with Crippen molar-refractivity contribution in [2.45, 2.75) is 26.2 Å². The quantitative estimate of drug-likeness (QED) is 0.624. The molecule has 0 aliphatic heterocycles. The maximum absolute atomic E-state index is 12.2. The van der Waals surface area contributed by atoms with Gasteiger partial charge in [0.1, 0.15) is 0 Å². The number of carbonyl (C=O) groups is 1. The second-order valence-corrected chi connectivity index (χ2v) is 5.67. The van der Waals surface area contributed by atoms with E-state index in [2.05, 4.69) is 6.08 Å². The summed E-state index contributed by atoms with van der Waals surface area (Å²) in [4.78, 5) is 12.2. The molecule has 2 atom stereocenters. The molecular formula is C16H18LiO3P. The Bertz CT molecular complexity index is 601. The monoisotopic (exact) mass is 296 g/mol. The van der Waals surface area contributed by atoms with Crippen LogP contribution < -0.4 is 18.9 Å². The van der Waals surface area contributed by atoms with Crippen molar-refractivity contribution in [3.05, 3.63) is 59.2 Å². The minimum atomic E-state index is -0.607. The molecule has 1 aromatic carbocycles. The molecule has 2 rings (SSSR count). The number of rotatable bonds is 3. The molecule has 0 bridgehead atoms. The molecule has 1 aliphatic rings. The number of hydrogen-bond acceptors (Lipinski definition) is 3. The van der Waals surface area contributed by atoms with Crippen molar-refractivity contribution in [2.24, 2.45) is 5.92 Å². The Kier molecular flexibility index (Phi) is 6.17. The smallest absolute Gasteiger partial charge is 1.00 e. The third-order valence-corrected chi connectivity index (χ3v) is 4.05. The van der Waals surface area contributed by atoms with Gasteiger partial charge in [-0.2, -0.15) is 0 Å². The fraction of sp³-hybridized carbons (Fsp3) is 0.312. The minimum Gasteiger partial charge on any atom is -1.00 e. The molecule has 0 saturated heterocycles. The summed E-state index contributed by atoms with van der Waals surface area (Å²) in [5.41, 5.74) is 2.57. The second kappa shape index (κ2) is 7.23.